The van der Waals surface area contributed by atoms with Crippen LogP contribution in [-0.2, 0) is 20.9 Å². The molecule has 2 rings (SSSR count). The summed E-state index contributed by atoms with van der Waals surface area (Å²) < 4.78 is 5.32. The maximum absolute atomic E-state index is 12.6. The van der Waals surface area contributed by atoms with Crippen molar-refractivity contribution in [3.8, 4) is 0 Å². The van der Waals surface area contributed by atoms with Crippen molar-refractivity contribution < 1.29 is 19.1 Å². The van der Waals surface area contributed by atoms with Gasteiger partial charge < -0.3 is 10.1 Å². The van der Waals surface area contributed by atoms with Crippen molar-refractivity contribution in [1.82, 2.24) is 5.32 Å². The molecule has 5 nitrogen and oxygen atoms in total. The van der Waals surface area contributed by atoms with Gasteiger partial charge in [-0.2, -0.15) is 0 Å². The first-order valence-electron chi connectivity index (χ1n) is 9.56. The van der Waals surface area contributed by atoms with Gasteiger partial charge in [0.2, 0.25) is 0 Å². The minimum Gasteiger partial charge on any atom is -0.445 e. The van der Waals surface area contributed by atoms with Crippen LogP contribution < -0.4 is 5.32 Å². The summed E-state index contributed by atoms with van der Waals surface area (Å²) in [5, 5.41) is 2.77. The van der Waals surface area contributed by atoms with Crippen LogP contribution in [-0.4, -0.2) is 17.7 Å². The number of alkyl carbamates (subject to hydrolysis) is 1. The van der Waals surface area contributed by atoms with Gasteiger partial charge in [-0.15, -0.1) is 0 Å². The highest BCUT2D eigenvalue weighted by atomic mass is 16.5. The van der Waals surface area contributed by atoms with E-state index in [1.54, 1.807) is 13.8 Å². The Morgan fingerprint density at radius 1 is 0.893 bits per heavy atom. The molecular formula is C23H27NO4. The van der Waals surface area contributed by atoms with Gasteiger partial charge in [0.25, 0.3) is 0 Å². The quantitative estimate of drug-likeness (QED) is 0.648. The van der Waals surface area contributed by atoms with Gasteiger partial charge in [-0.25, -0.2) is 4.79 Å². The average molecular weight is 381 g/mol. The number of carbonyl (C=O) groups is 3. The highest BCUT2D eigenvalue weighted by Gasteiger charge is 2.35. The lowest BCUT2D eigenvalue weighted by molar-refractivity contribution is -0.133. The van der Waals surface area contributed by atoms with Crippen LogP contribution >= 0.6 is 0 Å². The SMILES string of the molecule is CCC(=O)C(C(=O)CC)[C@@H](NC(=O)OCc1ccccc1)c1ccccc1C. The van der Waals surface area contributed by atoms with E-state index >= 15 is 0 Å². The highest BCUT2D eigenvalue weighted by Crippen LogP contribution is 2.28. The summed E-state index contributed by atoms with van der Waals surface area (Å²) >= 11 is 0. The average Bonchev–Trinajstić information content (AvgIpc) is 2.72. The molecule has 2 aromatic carbocycles. The van der Waals surface area contributed by atoms with E-state index < -0.39 is 18.1 Å². The molecule has 0 bridgehead atoms. The number of carbonyl (C=O) groups excluding carboxylic acids is 3. The van der Waals surface area contributed by atoms with Crippen molar-refractivity contribution in [2.24, 2.45) is 5.92 Å². The Hall–Kier alpha value is -2.95. The molecule has 28 heavy (non-hydrogen) atoms. The fourth-order valence-corrected chi connectivity index (χ4v) is 3.16. The van der Waals surface area contributed by atoms with Gasteiger partial charge in [0.1, 0.15) is 24.1 Å². The first-order valence-corrected chi connectivity index (χ1v) is 9.56. The summed E-state index contributed by atoms with van der Waals surface area (Å²) in [5.41, 5.74) is 2.50. The summed E-state index contributed by atoms with van der Waals surface area (Å²) in [6, 6.07) is 16.0. The minimum atomic E-state index is -0.930. The topological polar surface area (TPSA) is 72.5 Å². The summed E-state index contributed by atoms with van der Waals surface area (Å²) in [5.74, 6) is -1.31. The zero-order valence-electron chi connectivity index (χ0n) is 16.6. The second-order valence-corrected chi connectivity index (χ2v) is 6.66. The Morgan fingerprint density at radius 3 is 2.04 bits per heavy atom. The second-order valence-electron chi connectivity index (χ2n) is 6.66. The predicted octanol–water partition coefficient (Wildman–Crippen LogP) is 4.54. The third-order valence-corrected chi connectivity index (χ3v) is 4.73. The molecule has 0 unspecified atom stereocenters. The van der Waals surface area contributed by atoms with Crippen LogP contribution in [0.1, 0.15) is 49.4 Å². The molecule has 1 atom stereocenters. The third-order valence-electron chi connectivity index (χ3n) is 4.73. The molecular weight excluding hydrogens is 354 g/mol. The fourth-order valence-electron chi connectivity index (χ4n) is 3.16. The molecule has 0 aliphatic rings. The lowest BCUT2D eigenvalue weighted by Crippen LogP contribution is -2.41. The molecule has 1 N–H and O–H groups in total. The summed E-state index contributed by atoms with van der Waals surface area (Å²) in [6.07, 6.45) is -0.214. The number of nitrogens with one attached hydrogen (secondary N) is 1. The van der Waals surface area contributed by atoms with Crippen LogP contribution in [0.3, 0.4) is 0 Å². The molecule has 0 aliphatic carbocycles. The first kappa shape index (κ1) is 21.4. The molecule has 0 spiro atoms. The van der Waals surface area contributed by atoms with Gasteiger partial charge >= 0.3 is 6.09 Å². The van der Waals surface area contributed by atoms with Gasteiger partial charge in [-0.3, -0.25) is 9.59 Å². The van der Waals surface area contributed by atoms with E-state index in [0.717, 1.165) is 16.7 Å². The number of amides is 1. The molecule has 5 heteroatoms. The molecule has 0 aliphatic heterocycles. The summed E-state index contributed by atoms with van der Waals surface area (Å²) in [6.45, 7) is 5.45. The highest BCUT2D eigenvalue weighted by molar-refractivity contribution is 6.03. The van der Waals surface area contributed by atoms with E-state index in [1.165, 1.54) is 0 Å². The van der Waals surface area contributed by atoms with Gasteiger partial charge in [0.15, 0.2) is 0 Å². The number of Topliss-reactive ketones (excluding diaryl/α,β-unsaturated/α-hetero) is 2. The van der Waals surface area contributed by atoms with E-state index in [9.17, 15) is 14.4 Å². The van der Waals surface area contributed by atoms with Crippen molar-refractivity contribution in [2.45, 2.75) is 46.3 Å². The van der Waals surface area contributed by atoms with E-state index in [1.807, 2.05) is 61.5 Å². The number of ketones is 2. The van der Waals surface area contributed by atoms with Crippen molar-refractivity contribution >= 4 is 17.7 Å². The van der Waals surface area contributed by atoms with Crippen LogP contribution in [0, 0.1) is 12.8 Å². The molecule has 0 aromatic heterocycles. The number of aryl methyl sites for hydroxylation is 1. The normalized spacial score (nSPS) is 11.7. The van der Waals surface area contributed by atoms with Crippen LogP contribution in [0.15, 0.2) is 54.6 Å². The van der Waals surface area contributed by atoms with Crippen LogP contribution in [0.2, 0.25) is 0 Å². The number of ether oxygens (including phenoxy) is 1. The molecule has 148 valence electrons. The molecule has 1 amide bonds. The standard InChI is InChI=1S/C23H27NO4/c1-4-19(25)21(20(26)5-2)22(18-14-10-9-11-16(18)3)24-23(27)28-15-17-12-7-6-8-13-17/h6-14,21-22H,4-5,15H2,1-3H3,(H,24,27)/t22-/m0/s1. The van der Waals surface area contributed by atoms with E-state index in [-0.39, 0.29) is 31.0 Å². The minimum absolute atomic E-state index is 0.112. The summed E-state index contributed by atoms with van der Waals surface area (Å²) in [4.78, 5) is 37.7. The van der Waals surface area contributed by atoms with Gasteiger partial charge in [-0.05, 0) is 23.6 Å². The maximum Gasteiger partial charge on any atom is 0.407 e. The molecule has 0 saturated heterocycles. The van der Waals surface area contributed by atoms with Crippen molar-refractivity contribution in [3.05, 3.63) is 71.3 Å². The predicted molar refractivity (Wildman–Crippen MR) is 108 cm³/mol. The smallest absolute Gasteiger partial charge is 0.407 e. The summed E-state index contributed by atoms with van der Waals surface area (Å²) in [7, 11) is 0. The number of rotatable bonds is 9. The number of benzene rings is 2. The van der Waals surface area contributed by atoms with Crippen molar-refractivity contribution in [1.29, 1.82) is 0 Å². The molecule has 0 saturated carbocycles. The van der Waals surface area contributed by atoms with E-state index in [4.69, 9.17) is 4.74 Å². The zero-order chi connectivity index (χ0) is 20.5. The van der Waals surface area contributed by atoms with E-state index in [0.29, 0.717) is 0 Å². The maximum atomic E-state index is 12.6. The second kappa shape index (κ2) is 10.4. The van der Waals surface area contributed by atoms with Gasteiger partial charge in [-0.1, -0.05) is 68.4 Å². The third kappa shape index (κ3) is 5.52. The Balaban J connectivity index is 2.27. The van der Waals surface area contributed by atoms with Crippen LogP contribution in [0.5, 0.6) is 0 Å². The molecule has 0 fully saturated rings. The monoisotopic (exact) mass is 381 g/mol. The molecule has 0 radical (unpaired) electrons. The Labute approximate surface area is 166 Å². The lowest BCUT2D eigenvalue weighted by Gasteiger charge is -2.27. The van der Waals surface area contributed by atoms with Gasteiger partial charge in [0, 0.05) is 12.8 Å². The van der Waals surface area contributed by atoms with E-state index in [2.05, 4.69) is 5.32 Å². The number of hydrogen-bond acceptors (Lipinski definition) is 4. The van der Waals surface area contributed by atoms with Gasteiger partial charge in [0.05, 0.1) is 6.04 Å². The zero-order valence-corrected chi connectivity index (χ0v) is 16.6. The fraction of sp³-hybridized carbons (Fsp3) is 0.348. The molecule has 0 heterocycles. The first-order chi connectivity index (χ1) is 13.5. The Morgan fingerprint density at radius 2 is 1.46 bits per heavy atom. The Kier molecular flexibility index (Phi) is 7.93. The largest absolute Gasteiger partial charge is 0.445 e. The van der Waals surface area contributed by atoms with Crippen molar-refractivity contribution in [2.75, 3.05) is 0 Å². The Bertz CT molecular complexity index is 800. The lowest BCUT2D eigenvalue weighted by atomic mass is 9.83. The van der Waals surface area contributed by atoms with Crippen LogP contribution in [0.4, 0.5) is 4.79 Å². The molecule has 2 aromatic rings. The number of hydrogen-bond donors (Lipinski definition) is 1. The van der Waals surface area contributed by atoms with Crippen LogP contribution in [0.25, 0.3) is 0 Å². The van der Waals surface area contributed by atoms with Crippen molar-refractivity contribution in [3.63, 3.8) is 0 Å².